The maximum Gasteiger partial charge on any atom is 0.534 e. The molecule has 23 heavy (non-hydrogen) atoms. The van der Waals surface area contributed by atoms with Gasteiger partial charge in [-0.3, -0.25) is 4.79 Å². The first kappa shape index (κ1) is 17.1. The van der Waals surface area contributed by atoms with Gasteiger partial charge in [-0.15, -0.1) is 0 Å². The molecule has 9 heteroatoms. The highest BCUT2D eigenvalue weighted by Gasteiger charge is 2.48. The SMILES string of the molecule is COC(=O)Cc1ccc2cc(OS(=O)(=O)C(F)(F)F)ccc2c1. The van der Waals surface area contributed by atoms with Gasteiger partial charge in [0.25, 0.3) is 0 Å². The van der Waals surface area contributed by atoms with Crippen LogP contribution in [0.2, 0.25) is 0 Å². The van der Waals surface area contributed by atoms with Crippen LogP contribution in [-0.4, -0.2) is 27.0 Å². The summed E-state index contributed by atoms with van der Waals surface area (Å²) in [6.07, 6.45) is 0.0488. The van der Waals surface area contributed by atoms with E-state index in [0.717, 1.165) is 6.07 Å². The summed E-state index contributed by atoms with van der Waals surface area (Å²) in [4.78, 5) is 11.2. The number of carbonyl (C=O) groups is 1. The lowest BCUT2D eigenvalue weighted by atomic mass is 10.0. The number of alkyl halides is 3. The second kappa shape index (κ2) is 6.07. The predicted octanol–water partition coefficient (Wildman–Crippen LogP) is 2.78. The average molecular weight is 348 g/mol. The van der Waals surface area contributed by atoms with Gasteiger partial charge in [-0.25, -0.2) is 0 Å². The van der Waals surface area contributed by atoms with Crippen molar-refractivity contribution in [1.29, 1.82) is 0 Å². The van der Waals surface area contributed by atoms with Crippen LogP contribution in [-0.2, 0) is 26.1 Å². The molecule has 0 N–H and O–H groups in total. The van der Waals surface area contributed by atoms with E-state index in [4.69, 9.17) is 0 Å². The standard InChI is InChI=1S/C14H11F3O5S/c1-21-13(18)7-9-2-3-11-8-12(5-4-10(11)6-9)22-23(19,20)14(15,16)17/h2-6,8H,7H2,1H3. The number of esters is 1. The number of carbonyl (C=O) groups excluding carboxylic acids is 1. The second-order valence-electron chi connectivity index (χ2n) is 4.58. The van der Waals surface area contributed by atoms with Crippen molar-refractivity contribution in [2.45, 2.75) is 11.9 Å². The van der Waals surface area contributed by atoms with Crippen LogP contribution in [0.25, 0.3) is 10.8 Å². The van der Waals surface area contributed by atoms with Crippen LogP contribution in [0, 0.1) is 0 Å². The Bertz CT molecular complexity index is 843. The molecule has 0 unspecified atom stereocenters. The highest BCUT2D eigenvalue weighted by Crippen LogP contribution is 2.29. The molecule has 0 bridgehead atoms. The number of hydrogen-bond acceptors (Lipinski definition) is 5. The van der Waals surface area contributed by atoms with Crippen LogP contribution in [0.4, 0.5) is 13.2 Å². The van der Waals surface area contributed by atoms with Crippen molar-refractivity contribution >= 4 is 26.9 Å². The number of halogens is 3. The number of methoxy groups -OCH3 is 1. The molecule has 0 aromatic heterocycles. The Morgan fingerprint density at radius 3 is 2.30 bits per heavy atom. The summed E-state index contributed by atoms with van der Waals surface area (Å²) < 4.78 is 67.4. The molecule has 0 fully saturated rings. The molecule has 2 aromatic carbocycles. The quantitative estimate of drug-likeness (QED) is 0.483. The monoisotopic (exact) mass is 348 g/mol. The van der Waals surface area contributed by atoms with E-state index < -0.39 is 27.3 Å². The molecule has 0 saturated carbocycles. The Morgan fingerprint density at radius 1 is 1.09 bits per heavy atom. The minimum Gasteiger partial charge on any atom is -0.469 e. The van der Waals surface area contributed by atoms with Gasteiger partial charge in [0.2, 0.25) is 0 Å². The zero-order valence-electron chi connectivity index (χ0n) is 11.8. The van der Waals surface area contributed by atoms with Gasteiger partial charge >= 0.3 is 21.6 Å². The lowest BCUT2D eigenvalue weighted by molar-refractivity contribution is -0.139. The Balaban J connectivity index is 2.30. The van der Waals surface area contributed by atoms with E-state index in [1.165, 1.54) is 19.2 Å². The third-order valence-corrected chi connectivity index (χ3v) is 3.92. The number of ether oxygens (including phenoxy) is 1. The minimum absolute atomic E-state index is 0.0488. The van der Waals surface area contributed by atoms with Gasteiger partial charge in [0.05, 0.1) is 13.5 Å². The molecule has 2 rings (SSSR count). The zero-order valence-corrected chi connectivity index (χ0v) is 12.6. The van der Waals surface area contributed by atoms with E-state index >= 15 is 0 Å². The number of hydrogen-bond donors (Lipinski definition) is 0. The Morgan fingerprint density at radius 2 is 1.70 bits per heavy atom. The summed E-state index contributed by atoms with van der Waals surface area (Å²) >= 11 is 0. The maximum atomic E-state index is 12.3. The fourth-order valence-corrected chi connectivity index (χ4v) is 2.30. The first-order valence-electron chi connectivity index (χ1n) is 6.22. The van der Waals surface area contributed by atoms with Crippen LogP contribution in [0.3, 0.4) is 0 Å². The van der Waals surface area contributed by atoms with E-state index in [1.807, 2.05) is 0 Å². The van der Waals surface area contributed by atoms with Crippen molar-refractivity contribution in [3.63, 3.8) is 0 Å². The molecule has 0 heterocycles. The van der Waals surface area contributed by atoms with E-state index in [0.29, 0.717) is 16.3 Å². The van der Waals surface area contributed by atoms with E-state index in [2.05, 4.69) is 8.92 Å². The van der Waals surface area contributed by atoms with E-state index in [-0.39, 0.29) is 6.42 Å². The van der Waals surface area contributed by atoms with Crippen LogP contribution in [0.5, 0.6) is 5.75 Å². The first-order chi connectivity index (χ1) is 10.6. The number of rotatable bonds is 4. The molecule has 0 amide bonds. The first-order valence-corrected chi connectivity index (χ1v) is 7.63. The normalized spacial score (nSPS) is 12.2. The lowest BCUT2D eigenvalue weighted by Gasteiger charge is -2.10. The van der Waals surface area contributed by atoms with Crippen molar-refractivity contribution in [2.24, 2.45) is 0 Å². The van der Waals surface area contributed by atoms with Crippen molar-refractivity contribution in [2.75, 3.05) is 7.11 Å². The van der Waals surface area contributed by atoms with Crippen LogP contribution >= 0.6 is 0 Å². The maximum absolute atomic E-state index is 12.3. The molecule has 5 nitrogen and oxygen atoms in total. The summed E-state index contributed by atoms with van der Waals surface area (Å²) in [6.45, 7) is 0. The summed E-state index contributed by atoms with van der Waals surface area (Å²) in [5.41, 5.74) is -4.84. The number of fused-ring (bicyclic) bond motifs is 1. The molecule has 124 valence electrons. The average Bonchev–Trinajstić information content (AvgIpc) is 2.45. The molecule has 0 aliphatic carbocycles. The highest BCUT2D eigenvalue weighted by molar-refractivity contribution is 7.88. The summed E-state index contributed by atoms with van der Waals surface area (Å²) in [5, 5.41) is 1.08. The van der Waals surface area contributed by atoms with Gasteiger partial charge in [0, 0.05) is 0 Å². The molecular weight excluding hydrogens is 337 g/mol. The Labute approximate surface area is 129 Å². The van der Waals surface area contributed by atoms with E-state index in [1.54, 1.807) is 18.2 Å². The van der Waals surface area contributed by atoms with Crippen molar-refractivity contribution in [3.05, 3.63) is 42.0 Å². The van der Waals surface area contributed by atoms with Crippen molar-refractivity contribution in [1.82, 2.24) is 0 Å². The molecule has 2 aromatic rings. The van der Waals surface area contributed by atoms with Crippen molar-refractivity contribution < 1.29 is 35.3 Å². The fraction of sp³-hybridized carbons (Fsp3) is 0.214. The van der Waals surface area contributed by atoms with Crippen LogP contribution < -0.4 is 4.18 Å². The van der Waals surface area contributed by atoms with Gasteiger partial charge in [0.15, 0.2) is 0 Å². The molecule has 0 aliphatic heterocycles. The third kappa shape index (κ3) is 3.92. The molecule has 0 atom stereocenters. The topological polar surface area (TPSA) is 69.7 Å². The predicted molar refractivity (Wildman–Crippen MR) is 75.3 cm³/mol. The zero-order chi connectivity index (χ0) is 17.3. The highest BCUT2D eigenvalue weighted by atomic mass is 32.2. The third-order valence-electron chi connectivity index (χ3n) is 2.94. The van der Waals surface area contributed by atoms with Crippen LogP contribution in [0.15, 0.2) is 36.4 Å². The molecule has 0 radical (unpaired) electrons. The number of benzene rings is 2. The molecule has 0 spiro atoms. The molecular formula is C14H11F3O5S. The second-order valence-corrected chi connectivity index (χ2v) is 6.12. The van der Waals surface area contributed by atoms with Gasteiger partial charge in [-0.1, -0.05) is 24.3 Å². The van der Waals surface area contributed by atoms with Crippen molar-refractivity contribution in [3.8, 4) is 5.75 Å². The van der Waals surface area contributed by atoms with E-state index in [9.17, 15) is 26.4 Å². The van der Waals surface area contributed by atoms with Gasteiger partial charge in [-0.05, 0) is 28.5 Å². The van der Waals surface area contributed by atoms with Gasteiger partial charge < -0.3 is 8.92 Å². The summed E-state index contributed by atoms with van der Waals surface area (Å²) in [6, 6.07) is 8.45. The lowest BCUT2D eigenvalue weighted by Crippen LogP contribution is -2.28. The van der Waals surface area contributed by atoms with Gasteiger partial charge in [0.1, 0.15) is 5.75 Å². The smallest absolute Gasteiger partial charge is 0.469 e. The largest absolute Gasteiger partial charge is 0.534 e. The summed E-state index contributed by atoms with van der Waals surface area (Å²) in [7, 11) is -4.45. The molecule has 0 saturated heterocycles. The fourth-order valence-electron chi connectivity index (χ4n) is 1.85. The minimum atomic E-state index is -5.71. The Kier molecular flexibility index (Phi) is 4.51. The Hall–Kier alpha value is -2.29. The van der Waals surface area contributed by atoms with Crippen LogP contribution in [0.1, 0.15) is 5.56 Å². The van der Waals surface area contributed by atoms with Gasteiger partial charge in [-0.2, -0.15) is 21.6 Å². The summed E-state index contributed by atoms with van der Waals surface area (Å²) in [5.74, 6) is -0.879. The molecule has 0 aliphatic rings.